The van der Waals surface area contributed by atoms with E-state index in [2.05, 4.69) is 38.5 Å². The highest BCUT2D eigenvalue weighted by molar-refractivity contribution is 7.80. The number of nitrogens with one attached hydrogen (secondary N) is 4. The number of carboxylic acid groups (broad SMARTS) is 2. The van der Waals surface area contributed by atoms with Gasteiger partial charge in [-0.15, -0.1) is 0 Å². The number of hydrogen-bond donors (Lipinski definition) is 8. The number of aliphatic carboxylic acids is 2. The fourth-order valence-corrected chi connectivity index (χ4v) is 2.97. The van der Waals surface area contributed by atoms with E-state index in [4.69, 9.17) is 10.8 Å². The molecule has 3 amide bonds. The van der Waals surface area contributed by atoms with Gasteiger partial charge < -0.3 is 36.9 Å². The Morgan fingerprint density at radius 2 is 1.61 bits per heavy atom. The van der Waals surface area contributed by atoms with Crippen LogP contribution in [0.3, 0.4) is 0 Å². The van der Waals surface area contributed by atoms with Crippen LogP contribution in [0, 0.1) is 5.92 Å². The maximum absolute atomic E-state index is 12.9. The van der Waals surface area contributed by atoms with Crippen molar-refractivity contribution in [3.8, 4) is 0 Å². The van der Waals surface area contributed by atoms with Gasteiger partial charge in [0.25, 0.3) is 0 Å². The van der Waals surface area contributed by atoms with Gasteiger partial charge in [-0.05, 0) is 12.3 Å². The molecule has 0 aliphatic heterocycles. The molecule has 0 spiro atoms. The Hall–Kier alpha value is -3.13. The first kappa shape index (κ1) is 27.9. The normalized spacial score (nSPS) is 14.6. The summed E-state index contributed by atoms with van der Waals surface area (Å²) in [7, 11) is 0. The second kappa shape index (κ2) is 13.4. The maximum atomic E-state index is 12.9. The molecule has 0 aliphatic rings. The smallest absolute Gasteiger partial charge is 0.326 e. The molecular formula is C19H30N6O7S. The molecule has 33 heavy (non-hydrogen) atoms. The van der Waals surface area contributed by atoms with E-state index < -0.39 is 60.2 Å². The van der Waals surface area contributed by atoms with Gasteiger partial charge in [0.2, 0.25) is 17.7 Å². The highest BCUT2D eigenvalue weighted by atomic mass is 32.1. The molecule has 14 heteroatoms. The molecule has 0 fully saturated rings. The molecule has 0 saturated heterocycles. The van der Waals surface area contributed by atoms with Gasteiger partial charge in [-0.3, -0.25) is 19.2 Å². The van der Waals surface area contributed by atoms with Crippen molar-refractivity contribution in [2.24, 2.45) is 11.7 Å². The number of hydrogen-bond acceptors (Lipinski definition) is 8. The van der Waals surface area contributed by atoms with Crippen molar-refractivity contribution >= 4 is 42.3 Å². The second-order valence-electron chi connectivity index (χ2n) is 7.82. The van der Waals surface area contributed by atoms with Crippen LogP contribution in [0.5, 0.6) is 0 Å². The summed E-state index contributed by atoms with van der Waals surface area (Å²) >= 11 is 3.89. The number of aromatic nitrogens is 2. The molecule has 1 aromatic rings. The fourth-order valence-electron chi connectivity index (χ4n) is 2.81. The summed E-state index contributed by atoms with van der Waals surface area (Å²) in [6.07, 6.45) is 2.08. The van der Waals surface area contributed by atoms with Crippen LogP contribution >= 0.6 is 12.6 Å². The van der Waals surface area contributed by atoms with Crippen LogP contribution in [0.4, 0.5) is 0 Å². The minimum atomic E-state index is -1.52. The van der Waals surface area contributed by atoms with Crippen molar-refractivity contribution < 1.29 is 34.2 Å². The van der Waals surface area contributed by atoms with Crippen LogP contribution in [0.25, 0.3) is 0 Å². The predicted molar refractivity (Wildman–Crippen MR) is 119 cm³/mol. The lowest BCUT2D eigenvalue weighted by atomic mass is 10.0. The molecule has 0 saturated carbocycles. The van der Waals surface area contributed by atoms with E-state index in [0.717, 1.165) is 0 Å². The van der Waals surface area contributed by atoms with E-state index in [1.165, 1.54) is 12.5 Å². The van der Waals surface area contributed by atoms with Gasteiger partial charge in [0.05, 0.1) is 18.8 Å². The van der Waals surface area contributed by atoms with Crippen molar-refractivity contribution in [1.29, 1.82) is 0 Å². The lowest BCUT2D eigenvalue weighted by molar-refractivity contribution is -0.143. The number of carbonyl (C=O) groups is 5. The minimum absolute atomic E-state index is 0.0294. The molecule has 0 aromatic carbocycles. The van der Waals surface area contributed by atoms with E-state index in [1.807, 2.05) is 0 Å². The number of H-pyrrole nitrogens is 1. The average Bonchev–Trinajstić information content (AvgIpc) is 3.23. The lowest BCUT2D eigenvalue weighted by Gasteiger charge is -2.24. The quantitative estimate of drug-likeness (QED) is 0.140. The molecule has 13 nitrogen and oxygen atoms in total. The van der Waals surface area contributed by atoms with E-state index in [0.29, 0.717) is 5.69 Å². The molecule has 8 N–H and O–H groups in total. The van der Waals surface area contributed by atoms with Crippen molar-refractivity contribution in [1.82, 2.24) is 25.9 Å². The van der Waals surface area contributed by atoms with E-state index in [9.17, 15) is 29.1 Å². The molecule has 1 aromatic heterocycles. The number of imidazole rings is 1. The first-order chi connectivity index (χ1) is 15.4. The molecule has 1 heterocycles. The van der Waals surface area contributed by atoms with Gasteiger partial charge in [0, 0.05) is 24.1 Å². The number of rotatable bonds is 14. The SMILES string of the molecule is CC(C)CC(NC(=O)C(Cc1cnc[nH]1)NC(=O)C(CC(=O)O)NC(=O)C(N)CS)C(=O)O. The Balaban J connectivity index is 3.07. The van der Waals surface area contributed by atoms with Crippen LogP contribution < -0.4 is 21.7 Å². The molecule has 0 bridgehead atoms. The predicted octanol–water partition coefficient (Wildman–Crippen LogP) is -1.73. The van der Waals surface area contributed by atoms with Crippen LogP contribution in [0.1, 0.15) is 32.4 Å². The third-order valence-corrected chi connectivity index (χ3v) is 4.87. The maximum Gasteiger partial charge on any atom is 0.326 e. The second-order valence-corrected chi connectivity index (χ2v) is 8.18. The van der Waals surface area contributed by atoms with Crippen LogP contribution in [0.2, 0.25) is 0 Å². The van der Waals surface area contributed by atoms with Gasteiger partial charge >= 0.3 is 11.9 Å². The Bertz CT molecular complexity index is 833. The van der Waals surface area contributed by atoms with Crippen molar-refractivity contribution in [2.75, 3.05) is 5.75 Å². The lowest BCUT2D eigenvalue weighted by Crippen LogP contribution is -2.58. The van der Waals surface area contributed by atoms with Crippen LogP contribution in [-0.2, 0) is 30.4 Å². The van der Waals surface area contributed by atoms with Gasteiger partial charge in [-0.25, -0.2) is 9.78 Å². The number of nitrogens with two attached hydrogens (primary N) is 1. The summed E-state index contributed by atoms with van der Waals surface area (Å²) in [4.78, 5) is 67.0. The minimum Gasteiger partial charge on any atom is -0.481 e. The third-order valence-electron chi connectivity index (χ3n) is 4.48. The molecule has 184 valence electrons. The average molecular weight is 487 g/mol. The molecule has 1 rings (SSSR count). The van der Waals surface area contributed by atoms with Crippen molar-refractivity contribution in [3.63, 3.8) is 0 Å². The molecule has 4 unspecified atom stereocenters. The largest absolute Gasteiger partial charge is 0.481 e. The van der Waals surface area contributed by atoms with E-state index in [1.54, 1.807) is 13.8 Å². The zero-order valence-corrected chi connectivity index (χ0v) is 19.2. The Labute approximate surface area is 195 Å². The fraction of sp³-hybridized carbons (Fsp3) is 0.579. The van der Waals surface area contributed by atoms with Crippen molar-refractivity contribution in [3.05, 3.63) is 18.2 Å². The summed E-state index contributed by atoms with van der Waals surface area (Å²) in [6, 6.07) is -5.07. The first-order valence-electron chi connectivity index (χ1n) is 10.1. The number of carboxylic acids is 2. The molecule has 0 aliphatic carbocycles. The Morgan fingerprint density at radius 3 is 2.09 bits per heavy atom. The van der Waals surface area contributed by atoms with Gasteiger partial charge in [0.1, 0.15) is 18.1 Å². The van der Waals surface area contributed by atoms with Crippen molar-refractivity contribution in [2.45, 2.75) is 57.3 Å². The van der Waals surface area contributed by atoms with E-state index in [-0.39, 0.29) is 24.5 Å². The molecule has 0 radical (unpaired) electrons. The number of nitrogens with zero attached hydrogens (tertiary/aromatic N) is 1. The van der Waals surface area contributed by atoms with Crippen LogP contribution in [0.15, 0.2) is 12.5 Å². The zero-order chi connectivity index (χ0) is 25.1. The first-order valence-corrected chi connectivity index (χ1v) is 10.8. The number of aromatic amines is 1. The highest BCUT2D eigenvalue weighted by Gasteiger charge is 2.31. The molecule has 4 atom stereocenters. The summed E-state index contributed by atoms with van der Waals surface area (Å²) in [6.45, 7) is 3.58. The standard InChI is InChI=1S/C19H30N6O7S/c1-9(2)3-14(19(31)32)25-17(29)12(4-10-6-21-8-22-10)24-18(30)13(5-15(26)27)23-16(28)11(20)7-33/h6,8-9,11-14,33H,3-5,7,20H2,1-2H3,(H,21,22)(H,23,28)(H,24,30)(H,25,29)(H,26,27)(H,31,32). The van der Waals surface area contributed by atoms with Gasteiger partial charge in [-0.1, -0.05) is 13.8 Å². The number of thiol groups is 1. The monoisotopic (exact) mass is 486 g/mol. The number of carbonyl (C=O) groups excluding carboxylic acids is 3. The summed E-state index contributed by atoms with van der Waals surface area (Å²) in [5, 5.41) is 25.5. The summed E-state index contributed by atoms with van der Waals surface area (Å²) in [5.74, 6) is -5.20. The number of amides is 3. The van der Waals surface area contributed by atoms with Gasteiger partial charge in [-0.2, -0.15) is 12.6 Å². The zero-order valence-electron chi connectivity index (χ0n) is 18.3. The van der Waals surface area contributed by atoms with Gasteiger partial charge in [0.15, 0.2) is 0 Å². The summed E-state index contributed by atoms with van der Waals surface area (Å²) < 4.78 is 0. The Kier molecular flexibility index (Phi) is 11.4. The highest BCUT2D eigenvalue weighted by Crippen LogP contribution is 2.07. The third kappa shape index (κ3) is 9.91. The van der Waals surface area contributed by atoms with E-state index >= 15 is 0 Å². The molecular weight excluding hydrogens is 456 g/mol. The topological polar surface area (TPSA) is 217 Å². The summed E-state index contributed by atoms with van der Waals surface area (Å²) in [5.41, 5.74) is 6.02. The Morgan fingerprint density at radius 1 is 1.03 bits per heavy atom. The van der Waals surface area contributed by atoms with Crippen LogP contribution in [-0.4, -0.2) is 79.8 Å².